The summed E-state index contributed by atoms with van der Waals surface area (Å²) in [6, 6.07) is 0. The highest BCUT2D eigenvalue weighted by Crippen LogP contribution is 1.79. The van der Waals surface area contributed by atoms with Gasteiger partial charge in [0.2, 0.25) is 0 Å². The largest absolute Gasteiger partial charge is 0.598 e. The van der Waals surface area contributed by atoms with Gasteiger partial charge >= 0.3 is 0 Å². The van der Waals surface area contributed by atoms with Crippen LogP contribution >= 0.6 is 8.25 Å². The molecule has 6 heteroatoms. The Morgan fingerprint density at radius 3 is 1.00 bits per heavy atom. The summed E-state index contributed by atoms with van der Waals surface area (Å²) in [6.07, 6.45) is 0. The van der Waals surface area contributed by atoms with Gasteiger partial charge in [0.1, 0.15) is 0 Å². The first-order valence-corrected chi connectivity index (χ1v) is 3.95. The predicted octanol–water partition coefficient (Wildman–Crippen LogP) is -4.02. The zero-order chi connectivity index (χ0) is 8.99. The summed E-state index contributed by atoms with van der Waals surface area (Å²) in [4.78, 5) is 17.0. The lowest BCUT2D eigenvalue weighted by Gasteiger charge is -1.75. The fourth-order valence-corrected chi connectivity index (χ4v) is 0. The summed E-state index contributed by atoms with van der Waals surface area (Å²) in [7, 11) is 4.63. The van der Waals surface area contributed by atoms with Crippen molar-refractivity contribution in [2.24, 2.45) is 0 Å². The molecule has 0 aliphatic rings. The zero-order valence-corrected chi connectivity index (χ0v) is 7.72. The van der Waals surface area contributed by atoms with Gasteiger partial charge in [-0.15, -0.1) is 0 Å². The summed E-state index contributed by atoms with van der Waals surface area (Å²) in [6.45, 7) is 0. The van der Waals surface area contributed by atoms with E-state index in [2.05, 4.69) is 0 Å². The van der Waals surface area contributed by atoms with Crippen LogP contribution in [0.5, 0.6) is 0 Å². The minimum Gasteiger partial charge on any atom is -0.598 e. The van der Waals surface area contributed by atoms with Gasteiger partial charge in [0.05, 0.1) is 28.2 Å². The van der Waals surface area contributed by atoms with E-state index in [9.17, 15) is 0 Å². The SMILES string of the molecule is C[NH2+]C.C[NH2+]C.O=[P+]([O-])[O-]. The highest BCUT2D eigenvalue weighted by molar-refractivity contribution is 7.27. The normalized spacial score (nSPS) is 6.20. The molecule has 0 atom stereocenters. The summed E-state index contributed by atoms with van der Waals surface area (Å²) >= 11 is 0. The van der Waals surface area contributed by atoms with Gasteiger partial charge in [0.15, 0.2) is 0 Å². The van der Waals surface area contributed by atoms with Crippen molar-refractivity contribution in [1.82, 2.24) is 0 Å². The van der Waals surface area contributed by atoms with Gasteiger partial charge in [-0.2, -0.15) is 0 Å². The molecule has 0 spiro atoms. The molecule has 0 bridgehead atoms. The number of quaternary nitrogens is 2. The highest BCUT2D eigenvalue weighted by Gasteiger charge is 1.53. The Morgan fingerprint density at radius 2 is 1.00 bits per heavy atom. The molecule has 0 radical (unpaired) electrons. The Hall–Kier alpha value is -0.0600. The molecular weight excluding hydrogens is 155 g/mol. The van der Waals surface area contributed by atoms with Crippen LogP contribution in [0.4, 0.5) is 0 Å². The molecule has 0 unspecified atom stereocenters. The molecule has 64 valence electrons. The van der Waals surface area contributed by atoms with E-state index in [1.807, 2.05) is 38.8 Å². The van der Waals surface area contributed by atoms with Gasteiger partial charge in [-0.05, 0) is 0 Å². The molecule has 10 heavy (non-hydrogen) atoms. The maximum absolute atomic E-state index is 8.48. The van der Waals surface area contributed by atoms with Gasteiger partial charge in [-0.3, -0.25) is 0 Å². The van der Waals surface area contributed by atoms with Gasteiger partial charge in [-0.1, -0.05) is 4.57 Å². The number of rotatable bonds is 0. The van der Waals surface area contributed by atoms with E-state index in [0.29, 0.717) is 0 Å². The van der Waals surface area contributed by atoms with E-state index in [0.717, 1.165) is 0 Å². The summed E-state index contributed by atoms with van der Waals surface area (Å²) in [5.74, 6) is 0. The van der Waals surface area contributed by atoms with Crippen LogP contribution in [0.3, 0.4) is 0 Å². The van der Waals surface area contributed by atoms with Crippen LogP contribution in [0.2, 0.25) is 0 Å². The quantitative estimate of drug-likeness (QED) is 0.363. The molecule has 0 aromatic heterocycles. The van der Waals surface area contributed by atoms with Crippen LogP contribution in [0.1, 0.15) is 0 Å². The van der Waals surface area contributed by atoms with Crippen LogP contribution in [0, 0.1) is 0 Å². The maximum atomic E-state index is 8.48. The van der Waals surface area contributed by atoms with E-state index in [1.54, 1.807) is 0 Å². The Kier molecular flexibility index (Phi) is 38.1. The fourth-order valence-electron chi connectivity index (χ4n) is 0. The predicted molar refractivity (Wildman–Crippen MR) is 35.2 cm³/mol. The molecule has 4 N–H and O–H groups in total. The first kappa shape index (κ1) is 16.5. The zero-order valence-electron chi connectivity index (χ0n) is 6.83. The summed E-state index contributed by atoms with van der Waals surface area (Å²) in [5, 5.41) is 4.00. The lowest BCUT2D eigenvalue weighted by molar-refractivity contribution is -0.597. The lowest BCUT2D eigenvalue weighted by atomic mass is 11.3. The third-order valence-corrected chi connectivity index (χ3v) is 0. The first-order valence-electron chi connectivity index (χ1n) is 2.86. The van der Waals surface area contributed by atoms with Crippen LogP contribution in [-0.2, 0) is 4.57 Å². The average molecular weight is 171 g/mol. The molecule has 0 saturated heterocycles. The molecule has 0 aliphatic carbocycles. The second kappa shape index (κ2) is 23.1. The van der Waals surface area contributed by atoms with Crippen LogP contribution in [0.15, 0.2) is 0 Å². The van der Waals surface area contributed by atoms with Gasteiger partial charge in [0, 0.05) is 0 Å². The Morgan fingerprint density at radius 1 is 1.00 bits per heavy atom. The Balaban J connectivity index is -0.0000000750. The molecule has 0 fully saturated rings. The van der Waals surface area contributed by atoms with Crippen molar-refractivity contribution in [2.45, 2.75) is 0 Å². The minimum absolute atomic E-state index is 2.00. The van der Waals surface area contributed by atoms with Crippen molar-refractivity contribution in [2.75, 3.05) is 28.2 Å². The molecule has 0 aromatic rings. The smallest absolute Gasteiger partial charge is 0.276 e. The highest BCUT2D eigenvalue weighted by atomic mass is 31.1. The van der Waals surface area contributed by atoms with Gasteiger partial charge < -0.3 is 20.4 Å². The van der Waals surface area contributed by atoms with E-state index in [4.69, 9.17) is 14.4 Å². The molecule has 0 saturated carbocycles. The average Bonchev–Trinajstić information content (AvgIpc) is 1.65. The second-order valence-corrected chi connectivity index (χ2v) is 1.83. The van der Waals surface area contributed by atoms with Crippen molar-refractivity contribution in [3.8, 4) is 0 Å². The monoisotopic (exact) mass is 171 g/mol. The van der Waals surface area contributed by atoms with Crippen molar-refractivity contribution in [3.63, 3.8) is 0 Å². The summed E-state index contributed by atoms with van der Waals surface area (Å²) < 4.78 is 8.48. The molecule has 0 aromatic carbocycles. The molecular formula is C4H16N2O3P+. The standard InChI is InChI=1S/2C2H7N.HO3P/c2*1-3-2;1-4(2)3/h2*3H,1-2H3;(H,1,2,3)/p+1. The number of hydrogen-bond acceptors (Lipinski definition) is 3. The number of hydrogen-bond donors (Lipinski definition) is 2. The third-order valence-electron chi connectivity index (χ3n) is 0. The molecule has 0 aliphatic heterocycles. The Labute approximate surface area is 62.4 Å². The van der Waals surface area contributed by atoms with Crippen LogP contribution in [0.25, 0.3) is 0 Å². The Bertz CT molecular complexity index is 56.5. The topological polar surface area (TPSA) is 96.4 Å². The van der Waals surface area contributed by atoms with Crippen LogP contribution < -0.4 is 20.4 Å². The van der Waals surface area contributed by atoms with Crippen LogP contribution in [-0.4, -0.2) is 28.2 Å². The van der Waals surface area contributed by atoms with E-state index < -0.39 is 8.25 Å². The lowest BCUT2D eigenvalue weighted by Crippen LogP contribution is -2.74. The molecule has 5 nitrogen and oxygen atoms in total. The van der Waals surface area contributed by atoms with Crippen molar-refractivity contribution in [3.05, 3.63) is 0 Å². The van der Waals surface area contributed by atoms with Gasteiger partial charge in [-0.25, -0.2) is 0 Å². The van der Waals surface area contributed by atoms with Gasteiger partial charge in [0.25, 0.3) is 8.25 Å². The number of nitrogens with two attached hydrogens (primary N) is 2. The first-order chi connectivity index (χ1) is 4.56. The second-order valence-electron chi connectivity index (χ2n) is 1.38. The molecule has 0 rings (SSSR count). The van der Waals surface area contributed by atoms with E-state index >= 15 is 0 Å². The van der Waals surface area contributed by atoms with Crippen molar-refractivity contribution in [1.29, 1.82) is 0 Å². The summed E-state index contributed by atoms with van der Waals surface area (Å²) in [5.41, 5.74) is 0. The minimum atomic E-state index is -3.37. The van der Waals surface area contributed by atoms with E-state index in [-0.39, 0.29) is 0 Å². The van der Waals surface area contributed by atoms with Crippen molar-refractivity contribution >= 4 is 8.25 Å². The molecule has 0 heterocycles. The molecule has 0 amide bonds. The van der Waals surface area contributed by atoms with E-state index in [1.165, 1.54) is 0 Å². The van der Waals surface area contributed by atoms with Crippen molar-refractivity contribution < 1.29 is 25.0 Å². The fraction of sp³-hybridized carbons (Fsp3) is 1.00. The maximum Gasteiger partial charge on any atom is 0.276 e. The third kappa shape index (κ3) is 106000.